The Hall–Kier alpha value is -1.73. The predicted octanol–water partition coefficient (Wildman–Crippen LogP) is 1.70. The number of ketones is 1. The van der Waals surface area contributed by atoms with Gasteiger partial charge in [0, 0.05) is 5.41 Å². The minimum absolute atomic E-state index is 0.0632. The van der Waals surface area contributed by atoms with Gasteiger partial charge in [0.1, 0.15) is 5.41 Å². The SMILES string of the molecule is Cc1ccc(S(=O)(=O)NNC(=O)C23CCC(C2)C(C)(C)C3=O)cc1. The molecule has 130 valence electrons. The first-order valence-corrected chi connectivity index (χ1v) is 9.52. The Labute approximate surface area is 142 Å². The van der Waals surface area contributed by atoms with Crippen LogP contribution >= 0.6 is 0 Å². The number of hydrogen-bond acceptors (Lipinski definition) is 4. The van der Waals surface area contributed by atoms with E-state index in [1.54, 1.807) is 12.1 Å². The molecule has 1 aromatic carbocycles. The maximum atomic E-state index is 12.6. The van der Waals surface area contributed by atoms with Crippen LogP contribution in [0.25, 0.3) is 0 Å². The van der Waals surface area contributed by atoms with Gasteiger partial charge in [0.25, 0.3) is 10.0 Å². The van der Waals surface area contributed by atoms with Gasteiger partial charge in [0.15, 0.2) is 5.78 Å². The number of rotatable bonds is 4. The second kappa shape index (κ2) is 5.39. The summed E-state index contributed by atoms with van der Waals surface area (Å²) in [5.41, 5.74) is 1.59. The number of benzene rings is 1. The second-order valence-corrected chi connectivity index (χ2v) is 9.13. The number of sulfonamides is 1. The quantitative estimate of drug-likeness (QED) is 0.638. The third kappa shape index (κ3) is 2.46. The largest absolute Gasteiger partial charge is 0.298 e. The van der Waals surface area contributed by atoms with E-state index < -0.39 is 26.8 Å². The molecule has 2 N–H and O–H groups in total. The predicted molar refractivity (Wildman–Crippen MR) is 88.2 cm³/mol. The van der Waals surface area contributed by atoms with Gasteiger partial charge in [-0.2, -0.15) is 0 Å². The first kappa shape index (κ1) is 17.1. The molecule has 2 atom stereocenters. The summed E-state index contributed by atoms with van der Waals surface area (Å²) in [5, 5.41) is 0. The van der Waals surface area contributed by atoms with Crippen LogP contribution in [0.2, 0.25) is 0 Å². The van der Waals surface area contributed by atoms with Crippen LogP contribution in [0.15, 0.2) is 29.2 Å². The van der Waals surface area contributed by atoms with Crippen molar-refractivity contribution in [1.82, 2.24) is 10.3 Å². The van der Waals surface area contributed by atoms with Crippen molar-refractivity contribution in [3.63, 3.8) is 0 Å². The molecule has 2 unspecified atom stereocenters. The fraction of sp³-hybridized carbons (Fsp3) is 0.529. The number of nitrogens with one attached hydrogen (secondary N) is 2. The molecule has 24 heavy (non-hydrogen) atoms. The van der Waals surface area contributed by atoms with Gasteiger partial charge in [-0.1, -0.05) is 31.5 Å². The fourth-order valence-electron chi connectivity index (χ4n) is 3.99. The lowest BCUT2D eigenvalue weighted by Gasteiger charge is -2.32. The van der Waals surface area contributed by atoms with Gasteiger partial charge < -0.3 is 0 Å². The zero-order valence-corrected chi connectivity index (χ0v) is 14.9. The van der Waals surface area contributed by atoms with Crippen LogP contribution in [0.3, 0.4) is 0 Å². The minimum Gasteiger partial charge on any atom is -0.298 e. The summed E-state index contributed by atoms with van der Waals surface area (Å²) in [6, 6.07) is 6.30. The molecule has 1 amide bonds. The molecular formula is C17H22N2O4S. The van der Waals surface area contributed by atoms with Crippen LogP contribution in [0.1, 0.15) is 38.7 Å². The smallest absolute Gasteiger partial charge is 0.257 e. The number of amides is 1. The third-order valence-electron chi connectivity index (χ3n) is 5.62. The number of hydrogen-bond donors (Lipinski definition) is 2. The summed E-state index contributed by atoms with van der Waals surface area (Å²) < 4.78 is 24.5. The molecule has 0 radical (unpaired) electrons. The minimum atomic E-state index is -3.86. The van der Waals surface area contributed by atoms with Crippen molar-refractivity contribution in [1.29, 1.82) is 0 Å². The van der Waals surface area contributed by atoms with Crippen LogP contribution in [0, 0.1) is 23.7 Å². The van der Waals surface area contributed by atoms with E-state index in [4.69, 9.17) is 0 Å². The van der Waals surface area contributed by atoms with E-state index in [1.165, 1.54) is 12.1 Å². The molecule has 2 aliphatic rings. The van der Waals surface area contributed by atoms with Crippen molar-refractivity contribution >= 4 is 21.7 Å². The van der Waals surface area contributed by atoms with Gasteiger partial charge in [-0.3, -0.25) is 15.0 Å². The van der Waals surface area contributed by atoms with Gasteiger partial charge in [-0.15, -0.1) is 4.83 Å². The van der Waals surface area contributed by atoms with E-state index in [0.29, 0.717) is 12.8 Å². The average Bonchev–Trinajstić information content (AvgIpc) is 3.05. The van der Waals surface area contributed by atoms with E-state index >= 15 is 0 Å². The van der Waals surface area contributed by atoms with Crippen LogP contribution in [-0.2, 0) is 19.6 Å². The maximum absolute atomic E-state index is 12.6. The highest BCUT2D eigenvalue weighted by atomic mass is 32.2. The molecule has 0 spiro atoms. The fourth-order valence-corrected chi connectivity index (χ4v) is 4.83. The molecule has 6 nitrogen and oxygen atoms in total. The zero-order valence-electron chi connectivity index (χ0n) is 14.0. The summed E-state index contributed by atoms with van der Waals surface area (Å²) in [6.45, 7) is 5.59. The first-order chi connectivity index (χ1) is 11.1. The molecule has 7 heteroatoms. The molecular weight excluding hydrogens is 328 g/mol. The maximum Gasteiger partial charge on any atom is 0.257 e. The Bertz CT molecular complexity index is 798. The number of carbonyl (C=O) groups excluding carboxylic acids is 2. The van der Waals surface area contributed by atoms with Gasteiger partial charge >= 0.3 is 0 Å². The summed E-state index contributed by atoms with van der Waals surface area (Å²) in [7, 11) is -3.86. The number of Topliss-reactive ketones (excluding diaryl/α,β-unsaturated/α-hetero) is 1. The Morgan fingerprint density at radius 3 is 2.38 bits per heavy atom. The number of carbonyl (C=O) groups is 2. The standard InChI is InChI=1S/C17H22N2O4S/c1-11-4-6-13(7-5-11)24(22,23)19-18-15(21)17-9-8-12(10-17)16(2,3)14(17)20/h4-7,12,19H,8-10H2,1-3H3,(H,18,21). The van der Waals surface area contributed by atoms with Gasteiger partial charge in [-0.05, 0) is 44.2 Å². The molecule has 1 aromatic rings. The summed E-state index contributed by atoms with van der Waals surface area (Å²) in [4.78, 5) is 27.4. The van der Waals surface area contributed by atoms with Crippen molar-refractivity contribution in [3.8, 4) is 0 Å². The van der Waals surface area contributed by atoms with E-state index in [9.17, 15) is 18.0 Å². The monoisotopic (exact) mass is 350 g/mol. The number of fused-ring (bicyclic) bond motifs is 2. The molecule has 2 aliphatic carbocycles. The molecule has 2 bridgehead atoms. The molecule has 2 saturated carbocycles. The summed E-state index contributed by atoms with van der Waals surface area (Å²) >= 11 is 0. The lowest BCUT2D eigenvalue weighted by molar-refractivity contribution is -0.145. The van der Waals surface area contributed by atoms with Crippen molar-refractivity contribution in [3.05, 3.63) is 29.8 Å². The van der Waals surface area contributed by atoms with E-state index in [0.717, 1.165) is 12.0 Å². The Morgan fingerprint density at radius 2 is 1.83 bits per heavy atom. The molecule has 0 heterocycles. The van der Waals surface area contributed by atoms with Crippen molar-refractivity contribution < 1.29 is 18.0 Å². The second-order valence-electron chi connectivity index (χ2n) is 7.45. The number of hydrazine groups is 1. The molecule has 3 rings (SSSR count). The molecule has 0 saturated heterocycles. The molecule has 0 aromatic heterocycles. The van der Waals surface area contributed by atoms with Crippen LogP contribution in [0.4, 0.5) is 0 Å². The summed E-state index contributed by atoms with van der Waals surface area (Å²) in [6.07, 6.45) is 1.80. The van der Waals surface area contributed by atoms with E-state index in [2.05, 4.69) is 10.3 Å². The Balaban J connectivity index is 1.74. The van der Waals surface area contributed by atoms with Gasteiger partial charge in [-0.25, -0.2) is 8.42 Å². The van der Waals surface area contributed by atoms with Crippen molar-refractivity contribution in [2.24, 2.45) is 16.7 Å². The third-order valence-corrected chi connectivity index (χ3v) is 6.88. The van der Waals surface area contributed by atoms with E-state index in [-0.39, 0.29) is 16.6 Å². The van der Waals surface area contributed by atoms with Crippen LogP contribution in [-0.4, -0.2) is 20.1 Å². The first-order valence-electron chi connectivity index (χ1n) is 8.03. The van der Waals surface area contributed by atoms with E-state index in [1.807, 2.05) is 20.8 Å². The highest BCUT2D eigenvalue weighted by Gasteiger charge is 2.65. The van der Waals surface area contributed by atoms with Crippen LogP contribution < -0.4 is 10.3 Å². The molecule has 0 aliphatic heterocycles. The van der Waals surface area contributed by atoms with Crippen molar-refractivity contribution in [2.75, 3.05) is 0 Å². The van der Waals surface area contributed by atoms with Gasteiger partial charge in [0.05, 0.1) is 4.90 Å². The normalized spacial score (nSPS) is 28.1. The average molecular weight is 350 g/mol. The highest BCUT2D eigenvalue weighted by molar-refractivity contribution is 7.89. The zero-order chi connectivity index (χ0) is 17.8. The highest BCUT2D eigenvalue weighted by Crippen LogP contribution is 2.60. The summed E-state index contributed by atoms with van der Waals surface area (Å²) in [5.74, 6) is -0.445. The lowest BCUT2D eigenvalue weighted by atomic mass is 9.70. The molecule has 2 fully saturated rings. The number of aryl methyl sites for hydroxylation is 1. The topological polar surface area (TPSA) is 92.3 Å². The van der Waals surface area contributed by atoms with Gasteiger partial charge in [0.2, 0.25) is 5.91 Å². The Morgan fingerprint density at radius 1 is 1.21 bits per heavy atom. The lowest BCUT2D eigenvalue weighted by Crippen LogP contribution is -2.52. The van der Waals surface area contributed by atoms with Crippen molar-refractivity contribution in [2.45, 2.75) is 44.9 Å². The Kier molecular flexibility index (Phi) is 3.84. The van der Waals surface area contributed by atoms with Crippen LogP contribution in [0.5, 0.6) is 0 Å².